The molecule has 0 aliphatic carbocycles. The van der Waals surface area contributed by atoms with E-state index < -0.39 is 36.4 Å². The summed E-state index contributed by atoms with van der Waals surface area (Å²) >= 11 is 0. The molecule has 3 N–H and O–H groups in total. The first kappa shape index (κ1) is 18.4. The average molecular weight is 260 g/mol. The maximum absolute atomic E-state index is 10.9. The van der Waals surface area contributed by atoms with Gasteiger partial charge in [-0.05, 0) is 6.92 Å². The second kappa shape index (κ2) is 8.15. The molecule has 8 heteroatoms. The number of aliphatic hydroxyl groups is 1. The zero-order valence-electron chi connectivity index (χ0n) is 8.10. The molecule has 1 unspecified atom stereocenters. The van der Waals surface area contributed by atoms with Gasteiger partial charge in [-0.25, -0.2) is 4.79 Å². The first-order valence-corrected chi connectivity index (χ1v) is 4.15. The number of aliphatic carboxylic acids is 2. The van der Waals surface area contributed by atoms with Crippen molar-refractivity contribution < 1.29 is 34.4 Å². The first-order valence-electron chi connectivity index (χ1n) is 4.15. The summed E-state index contributed by atoms with van der Waals surface area (Å²) in [7, 11) is 0. The van der Waals surface area contributed by atoms with E-state index in [4.69, 9.17) is 10.2 Å². The summed E-state index contributed by atoms with van der Waals surface area (Å²) in [6.45, 7) is 1.54. The second-order valence-corrected chi connectivity index (χ2v) is 2.89. The Bertz CT molecular complexity index is 278. The number of carbonyl (C=O) groups is 3. The van der Waals surface area contributed by atoms with Gasteiger partial charge in [0.15, 0.2) is 5.60 Å². The van der Waals surface area contributed by atoms with Gasteiger partial charge in [0.2, 0.25) is 0 Å². The monoisotopic (exact) mass is 260 g/mol. The van der Waals surface area contributed by atoms with E-state index in [1.54, 1.807) is 0 Å². The molecule has 0 aromatic heterocycles. The summed E-state index contributed by atoms with van der Waals surface area (Å²) < 4.78 is 4.41. The van der Waals surface area contributed by atoms with Crippen LogP contribution in [0.25, 0.3) is 0 Å². The Labute approximate surface area is 134 Å². The van der Waals surface area contributed by atoms with Gasteiger partial charge in [0.05, 0.1) is 19.4 Å². The van der Waals surface area contributed by atoms with Gasteiger partial charge >= 0.3 is 69.3 Å². The van der Waals surface area contributed by atoms with Crippen molar-refractivity contribution in [3.63, 3.8) is 0 Å². The van der Waals surface area contributed by atoms with Crippen LogP contribution in [0.3, 0.4) is 0 Å². The molecule has 0 bridgehead atoms. The van der Waals surface area contributed by atoms with Crippen molar-refractivity contribution in [2.45, 2.75) is 25.4 Å². The number of ether oxygens (including phenoxy) is 1. The molecule has 0 aliphatic heterocycles. The van der Waals surface area contributed by atoms with E-state index in [2.05, 4.69) is 4.74 Å². The molecule has 0 aliphatic rings. The Kier molecular flexibility index (Phi) is 9.36. The summed E-state index contributed by atoms with van der Waals surface area (Å²) in [4.78, 5) is 31.8. The normalized spacial score (nSPS) is 13.1. The fraction of sp³-hybridized carbons (Fsp3) is 0.625. The number of rotatable bonds is 6. The number of carboxylic acid groups (broad SMARTS) is 2. The van der Waals surface area contributed by atoms with Gasteiger partial charge in [-0.1, -0.05) is 0 Å². The zero-order valence-corrected chi connectivity index (χ0v) is 8.10. The quantitative estimate of drug-likeness (QED) is 0.396. The summed E-state index contributed by atoms with van der Waals surface area (Å²) in [6.07, 6.45) is -1.94. The van der Waals surface area contributed by atoms with Crippen molar-refractivity contribution in [1.82, 2.24) is 0 Å². The van der Waals surface area contributed by atoms with Crippen LogP contribution < -0.4 is 0 Å². The Hall–Kier alpha value is 0.00636. The Morgan fingerprint density at radius 2 is 1.69 bits per heavy atom. The molecular weight excluding hydrogens is 247 g/mol. The molecule has 0 saturated carbocycles. The van der Waals surface area contributed by atoms with Gasteiger partial charge in [0, 0.05) is 0 Å². The molecule has 1 atom stereocenters. The van der Waals surface area contributed by atoms with Gasteiger partial charge in [0.25, 0.3) is 0 Å². The fourth-order valence-corrected chi connectivity index (χ4v) is 0.915. The van der Waals surface area contributed by atoms with E-state index in [-0.39, 0.29) is 58.0 Å². The van der Waals surface area contributed by atoms with Crippen LogP contribution in [0, 0.1) is 0 Å². The average Bonchev–Trinajstić information content (AvgIpc) is 2.01. The molecule has 0 heterocycles. The van der Waals surface area contributed by atoms with E-state index >= 15 is 0 Å². The van der Waals surface area contributed by atoms with Crippen molar-refractivity contribution in [1.29, 1.82) is 0 Å². The van der Waals surface area contributed by atoms with E-state index in [1.807, 2.05) is 0 Å². The minimum atomic E-state index is -2.61. The summed E-state index contributed by atoms with van der Waals surface area (Å²) in [5.41, 5.74) is -2.61. The molecule has 0 saturated heterocycles. The topological polar surface area (TPSA) is 121 Å². The molecule has 0 spiro atoms. The number of carbonyl (C=O) groups excluding carboxylic acids is 1. The molecule has 7 nitrogen and oxygen atoms in total. The Morgan fingerprint density at radius 1 is 1.19 bits per heavy atom. The standard InChI is InChI=1S/C8H12O7.K.H/c1-2-15-6(11)4-8(14,7(12)13)3-5(9)10;;/h14H,2-4H2,1H3,(H,9,10)(H,12,13);;. The predicted molar refractivity (Wildman–Crippen MR) is 53.2 cm³/mol. The van der Waals surface area contributed by atoms with Crippen LogP contribution in [0.1, 0.15) is 19.8 Å². The Balaban J connectivity index is 0. The van der Waals surface area contributed by atoms with Crippen LogP contribution in [0.2, 0.25) is 0 Å². The van der Waals surface area contributed by atoms with E-state index in [1.165, 1.54) is 6.92 Å². The molecule has 0 amide bonds. The Morgan fingerprint density at radius 3 is 2.00 bits per heavy atom. The van der Waals surface area contributed by atoms with Crippen molar-refractivity contribution in [3.05, 3.63) is 0 Å². The van der Waals surface area contributed by atoms with Crippen molar-refractivity contribution >= 4 is 69.3 Å². The van der Waals surface area contributed by atoms with Gasteiger partial charge < -0.3 is 20.1 Å². The number of hydrogen-bond donors (Lipinski definition) is 3. The van der Waals surface area contributed by atoms with Crippen molar-refractivity contribution in [3.8, 4) is 0 Å². The molecule has 88 valence electrons. The third-order valence-electron chi connectivity index (χ3n) is 1.58. The summed E-state index contributed by atoms with van der Waals surface area (Å²) in [5, 5.41) is 26.3. The minimum absolute atomic E-state index is 0. The maximum atomic E-state index is 10.9. The van der Waals surface area contributed by atoms with Crippen LogP contribution in [-0.4, -0.2) is 96.8 Å². The molecule has 0 radical (unpaired) electrons. The second-order valence-electron chi connectivity index (χ2n) is 2.89. The fourth-order valence-electron chi connectivity index (χ4n) is 0.915. The van der Waals surface area contributed by atoms with Crippen LogP contribution in [0.4, 0.5) is 0 Å². The summed E-state index contributed by atoms with van der Waals surface area (Å²) in [5.74, 6) is -4.23. The SMILES string of the molecule is CCOC(=O)CC(O)(CC(=O)O)C(=O)O.[KH]. The molecule has 0 aromatic rings. The summed E-state index contributed by atoms with van der Waals surface area (Å²) in [6, 6.07) is 0. The first-order chi connectivity index (χ1) is 6.81. The number of esters is 1. The zero-order chi connectivity index (χ0) is 12.1. The van der Waals surface area contributed by atoms with Crippen molar-refractivity contribution in [2.75, 3.05) is 6.61 Å². The molecule has 0 fully saturated rings. The van der Waals surface area contributed by atoms with Gasteiger partial charge in [-0.2, -0.15) is 0 Å². The predicted octanol–water partition coefficient (Wildman–Crippen LogP) is -1.42. The molecular formula is C8H13KO7. The molecule has 16 heavy (non-hydrogen) atoms. The van der Waals surface area contributed by atoms with Crippen LogP contribution in [0.15, 0.2) is 0 Å². The number of hydrogen-bond acceptors (Lipinski definition) is 5. The van der Waals surface area contributed by atoms with E-state index in [9.17, 15) is 19.5 Å². The van der Waals surface area contributed by atoms with Gasteiger partial charge in [-0.15, -0.1) is 0 Å². The van der Waals surface area contributed by atoms with Crippen LogP contribution in [0.5, 0.6) is 0 Å². The van der Waals surface area contributed by atoms with Gasteiger partial charge in [-0.3, -0.25) is 9.59 Å². The third-order valence-corrected chi connectivity index (χ3v) is 1.58. The van der Waals surface area contributed by atoms with E-state index in [0.717, 1.165) is 0 Å². The van der Waals surface area contributed by atoms with E-state index in [0.29, 0.717) is 0 Å². The van der Waals surface area contributed by atoms with Crippen LogP contribution >= 0.6 is 0 Å². The molecule has 0 rings (SSSR count). The van der Waals surface area contributed by atoms with Gasteiger partial charge in [0.1, 0.15) is 0 Å². The van der Waals surface area contributed by atoms with Crippen LogP contribution in [-0.2, 0) is 19.1 Å². The third kappa shape index (κ3) is 6.56. The molecule has 0 aromatic carbocycles. The number of carboxylic acids is 2. The van der Waals surface area contributed by atoms with Crippen molar-refractivity contribution in [2.24, 2.45) is 0 Å².